The van der Waals surface area contributed by atoms with Crippen molar-refractivity contribution in [2.75, 3.05) is 14.2 Å². The Hall–Kier alpha value is -3.73. The number of nitriles is 1. The summed E-state index contributed by atoms with van der Waals surface area (Å²) in [6, 6.07) is 12.5. The Kier molecular flexibility index (Phi) is 6.92. The highest BCUT2D eigenvalue weighted by molar-refractivity contribution is 5.80. The number of hydrogen-bond donors (Lipinski definition) is 0. The molecule has 8 nitrogen and oxygen atoms in total. The third-order valence-electron chi connectivity index (χ3n) is 6.36. The average molecular weight is 464 g/mol. The lowest BCUT2D eigenvalue weighted by Crippen LogP contribution is -2.42. The summed E-state index contributed by atoms with van der Waals surface area (Å²) in [6.07, 6.45) is 4.39. The number of nitrogens with zero attached hydrogens (tertiary/aromatic N) is 3. The monoisotopic (exact) mass is 463 g/mol. The van der Waals surface area contributed by atoms with E-state index in [4.69, 9.17) is 19.5 Å². The summed E-state index contributed by atoms with van der Waals surface area (Å²) in [4.78, 5) is 27.2. The second-order valence-corrected chi connectivity index (χ2v) is 8.59. The van der Waals surface area contributed by atoms with Crippen LogP contribution in [-0.2, 0) is 6.54 Å². The first-order chi connectivity index (χ1) is 16.5. The van der Waals surface area contributed by atoms with Gasteiger partial charge in [0.2, 0.25) is 0 Å². The minimum absolute atomic E-state index is 0.0332. The zero-order valence-corrected chi connectivity index (χ0v) is 19.7. The molecule has 34 heavy (non-hydrogen) atoms. The van der Waals surface area contributed by atoms with E-state index in [2.05, 4.69) is 0 Å². The van der Waals surface area contributed by atoms with Gasteiger partial charge >= 0.3 is 5.69 Å². The Bertz CT molecular complexity index is 1350. The fourth-order valence-corrected chi connectivity index (χ4v) is 4.66. The second kappa shape index (κ2) is 10.0. The summed E-state index contributed by atoms with van der Waals surface area (Å²) in [6.45, 7) is 1.74. The molecule has 4 rings (SSSR count). The molecule has 1 saturated carbocycles. The van der Waals surface area contributed by atoms with E-state index in [0.29, 0.717) is 28.2 Å². The molecule has 0 aliphatic heterocycles. The zero-order chi connectivity index (χ0) is 24.2. The fourth-order valence-electron chi connectivity index (χ4n) is 4.66. The van der Waals surface area contributed by atoms with Crippen molar-refractivity contribution in [2.24, 2.45) is 0 Å². The molecule has 0 amide bonds. The van der Waals surface area contributed by atoms with Crippen LogP contribution < -0.4 is 25.5 Å². The molecular formula is C26H29N3O5. The van der Waals surface area contributed by atoms with E-state index in [1.54, 1.807) is 56.0 Å². The first-order valence-electron chi connectivity index (χ1n) is 11.5. The Morgan fingerprint density at radius 2 is 1.76 bits per heavy atom. The molecule has 1 fully saturated rings. The molecule has 0 N–H and O–H groups in total. The van der Waals surface area contributed by atoms with Crippen molar-refractivity contribution in [1.82, 2.24) is 9.13 Å². The molecule has 3 aromatic rings. The predicted octanol–water partition coefficient (Wildman–Crippen LogP) is 4.02. The number of aromatic nitrogens is 2. The van der Waals surface area contributed by atoms with Gasteiger partial charge in [-0.1, -0.05) is 25.3 Å². The van der Waals surface area contributed by atoms with Gasteiger partial charge in [-0.05, 0) is 55.7 Å². The lowest BCUT2D eigenvalue weighted by molar-refractivity contribution is 0.276. The number of rotatable bonds is 7. The molecule has 1 unspecified atom stereocenters. The lowest BCUT2D eigenvalue weighted by atomic mass is 9.95. The molecule has 8 heteroatoms. The van der Waals surface area contributed by atoms with E-state index in [0.717, 1.165) is 37.7 Å². The quantitative estimate of drug-likeness (QED) is 0.525. The minimum atomic E-state index is -0.657. The second-order valence-electron chi connectivity index (χ2n) is 8.59. The van der Waals surface area contributed by atoms with Crippen molar-refractivity contribution >= 4 is 10.9 Å². The van der Waals surface area contributed by atoms with Gasteiger partial charge in [0.1, 0.15) is 11.8 Å². The third kappa shape index (κ3) is 4.51. The maximum atomic E-state index is 13.7. The Morgan fingerprint density at radius 1 is 1.03 bits per heavy atom. The van der Waals surface area contributed by atoms with E-state index in [1.807, 2.05) is 12.1 Å². The van der Waals surface area contributed by atoms with Crippen LogP contribution in [0.15, 0.2) is 46.0 Å². The van der Waals surface area contributed by atoms with Gasteiger partial charge in [0.15, 0.2) is 17.6 Å². The van der Waals surface area contributed by atoms with E-state index in [-0.39, 0.29) is 18.3 Å². The van der Waals surface area contributed by atoms with E-state index in [1.165, 1.54) is 4.57 Å². The highest BCUT2D eigenvalue weighted by Gasteiger charge is 2.23. The van der Waals surface area contributed by atoms with Gasteiger partial charge < -0.3 is 14.2 Å². The van der Waals surface area contributed by atoms with Gasteiger partial charge in [0.05, 0.1) is 31.7 Å². The molecule has 1 aliphatic rings. The summed E-state index contributed by atoms with van der Waals surface area (Å²) in [5, 5.41) is 9.49. The van der Waals surface area contributed by atoms with Gasteiger partial charge in [-0.15, -0.1) is 0 Å². The van der Waals surface area contributed by atoms with Crippen molar-refractivity contribution in [3.05, 3.63) is 62.8 Å². The van der Waals surface area contributed by atoms with Crippen LogP contribution >= 0.6 is 0 Å². The molecule has 0 spiro atoms. The van der Waals surface area contributed by atoms with Crippen LogP contribution in [0.5, 0.6) is 17.2 Å². The molecule has 1 heterocycles. The first kappa shape index (κ1) is 23.4. The number of methoxy groups -OCH3 is 2. The Balaban J connectivity index is 1.89. The maximum absolute atomic E-state index is 13.7. The van der Waals surface area contributed by atoms with Crippen LogP contribution in [0.2, 0.25) is 0 Å². The molecule has 1 aliphatic carbocycles. The predicted molar refractivity (Wildman–Crippen MR) is 129 cm³/mol. The SMILES string of the molecule is COc1ccc(Cn2c(=O)c3cc(OC(C)C#N)ccc3n(C3CCCCC3)c2=O)cc1OC. The summed E-state index contributed by atoms with van der Waals surface area (Å²) >= 11 is 0. The Morgan fingerprint density at radius 3 is 2.44 bits per heavy atom. The van der Waals surface area contributed by atoms with Crippen molar-refractivity contribution < 1.29 is 14.2 Å². The topological polar surface area (TPSA) is 95.5 Å². The van der Waals surface area contributed by atoms with Gasteiger partial charge in [0, 0.05) is 6.04 Å². The maximum Gasteiger partial charge on any atom is 0.332 e. The summed E-state index contributed by atoms with van der Waals surface area (Å²) in [5.74, 6) is 1.53. The van der Waals surface area contributed by atoms with E-state index < -0.39 is 11.7 Å². The summed E-state index contributed by atoms with van der Waals surface area (Å²) in [7, 11) is 3.10. The number of benzene rings is 2. The van der Waals surface area contributed by atoms with Crippen molar-refractivity contribution in [3.63, 3.8) is 0 Å². The van der Waals surface area contributed by atoms with Crippen molar-refractivity contribution in [3.8, 4) is 23.3 Å². The number of hydrogen-bond acceptors (Lipinski definition) is 6. The van der Waals surface area contributed by atoms with Crippen LogP contribution in [0.4, 0.5) is 0 Å². The molecule has 0 radical (unpaired) electrons. The van der Waals surface area contributed by atoms with Crippen LogP contribution in [-0.4, -0.2) is 29.5 Å². The lowest BCUT2D eigenvalue weighted by Gasteiger charge is -2.26. The van der Waals surface area contributed by atoms with E-state index in [9.17, 15) is 9.59 Å². The highest BCUT2D eigenvalue weighted by atomic mass is 16.5. The van der Waals surface area contributed by atoms with Crippen LogP contribution in [0.25, 0.3) is 10.9 Å². The van der Waals surface area contributed by atoms with Gasteiger partial charge in [-0.25, -0.2) is 4.79 Å². The minimum Gasteiger partial charge on any atom is -0.493 e. The van der Waals surface area contributed by atoms with Crippen molar-refractivity contribution in [2.45, 2.75) is 57.7 Å². The van der Waals surface area contributed by atoms with Crippen LogP contribution in [0.1, 0.15) is 50.6 Å². The molecular weight excluding hydrogens is 434 g/mol. The number of ether oxygens (including phenoxy) is 3. The van der Waals surface area contributed by atoms with Crippen LogP contribution in [0.3, 0.4) is 0 Å². The molecule has 2 aromatic carbocycles. The zero-order valence-electron chi connectivity index (χ0n) is 19.7. The van der Waals surface area contributed by atoms with Gasteiger partial charge in [-0.2, -0.15) is 5.26 Å². The highest BCUT2D eigenvalue weighted by Crippen LogP contribution is 2.31. The first-order valence-corrected chi connectivity index (χ1v) is 11.5. The third-order valence-corrected chi connectivity index (χ3v) is 6.36. The van der Waals surface area contributed by atoms with Gasteiger partial charge in [-0.3, -0.25) is 13.9 Å². The standard InChI is InChI=1S/C26H29N3O5/c1-17(15-27)34-20-10-11-22-21(14-20)25(30)28(26(31)29(22)19-7-5-4-6-8-19)16-18-9-12-23(32-2)24(13-18)33-3/h9-14,17,19H,4-8,16H2,1-3H3. The fraction of sp³-hybridized carbons (Fsp3) is 0.423. The average Bonchev–Trinajstić information content (AvgIpc) is 2.87. The molecule has 0 bridgehead atoms. The van der Waals surface area contributed by atoms with Crippen molar-refractivity contribution in [1.29, 1.82) is 5.26 Å². The summed E-state index contributed by atoms with van der Waals surface area (Å²) < 4.78 is 19.4. The molecule has 1 atom stereocenters. The van der Waals surface area contributed by atoms with E-state index >= 15 is 0 Å². The molecule has 1 aromatic heterocycles. The molecule has 178 valence electrons. The largest absolute Gasteiger partial charge is 0.493 e. The van der Waals surface area contributed by atoms with Crippen LogP contribution in [0, 0.1) is 11.3 Å². The Labute approximate surface area is 197 Å². The van der Waals surface area contributed by atoms with Gasteiger partial charge in [0.25, 0.3) is 5.56 Å². The smallest absolute Gasteiger partial charge is 0.332 e. The number of fused-ring (bicyclic) bond motifs is 1. The normalized spacial score (nSPS) is 15.0. The summed E-state index contributed by atoms with van der Waals surface area (Å²) in [5.41, 5.74) is 0.634. The molecule has 0 saturated heterocycles.